The lowest BCUT2D eigenvalue weighted by atomic mass is 9.85. The van der Waals surface area contributed by atoms with Gasteiger partial charge in [0.05, 0.1) is 17.8 Å². The molecule has 0 aliphatic rings. The monoisotopic (exact) mass is 625 g/mol. The van der Waals surface area contributed by atoms with Crippen LogP contribution in [0.1, 0.15) is 17.8 Å². The summed E-state index contributed by atoms with van der Waals surface area (Å²) < 4.78 is 129. The van der Waals surface area contributed by atoms with Crippen LogP contribution in [0.3, 0.4) is 0 Å². The molecule has 0 bridgehead atoms. The first-order valence-corrected chi connectivity index (χ1v) is 15.3. The molecule has 0 aliphatic carbocycles. The van der Waals surface area contributed by atoms with Crippen LogP contribution >= 0.6 is 0 Å². The third-order valence-corrected chi connectivity index (χ3v) is 8.81. The van der Waals surface area contributed by atoms with E-state index < -0.39 is 84.1 Å². The normalized spacial score (nSPS) is 15.5. The van der Waals surface area contributed by atoms with Crippen molar-refractivity contribution in [3.8, 4) is 44.7 Å². The summed E-state index contributed by atoms with van der Waals surface area (Å²) in [4.78, 5) is 0. The number of hydrogen-bond acceptors (Lipinski definition) is 2. The summed E-state index contributed by atoms with van der Waals surface area (Å²) in [6.45, 7) is 0. The Balaban J connectivity index is 1.43. The van der Waals surface area contributed by atoms with Gasteiger partial charge in [-0.2, -0.15) is 0 Å². The lowest BCUT2D eigenvalue weighted by molar-refractivity contribution is 0.612. The van der Waals surface area contributed by atoms with Gasteiger partial charge in [0, 0.05) is 27.3 Å². The molecular formula is C46H28O2. The topological polar surface area (TPSA) is 26.3 Å². The Morgan fingerprint density at radius 3 is 1.60 bits per heavy atom. The predicted octanol–water partition coefficient (Wildman–Crippen LogP) is 13.3. The van der Waals surface area contributed by atoms with Crippen molar-refractivity contribution >= 4 is 54.5 Å². The highest BCUT2D eigenvalue weighted by Gasteiger charge is 2.24. The van der Waals surface area contributed by atoms with Gasteiger partial charge in [0.2, 0.25) is 0 Å². The molecule has 0 unspecified atom stereocenters. The van der Waals surface area contributed by atoms with Gasteiger partial charge < -0.3 is 8.83 Å². The van der Waals surface area contributed by atoms with E-state index in [1.807, 2.05) is 72.8 Å². The standard InChI is InChI=1S/C46H28O2/c1-4-15-29(16-5-1)40-32-21-10-12-23-34(32)42(35-24-13-11-22-33(35)40)36-25-14-26-39-43(36)38-28-27-37-41(30-17-6-2-7-18-30)44(31-19-8-3-9-20-31)48-46(37)45(38)47-39/h1-28H/i1D,4D,5D,10D,11D,12D,13D,15D,16D,21D,22D,23D,24D. The van der Waals surface area contributed by atoms with E-state index in [1.54, 1.807) is 18.2 Å². The maximum atomic E-state index is 9.41. The van der Waals surface area contributed by atoms with Crippen molar-refractivity contribution in [3.05, 3.63) is 170 Å². The molecular weight excluding hydrogens is 585 g/mol. The first-order chi connectivity index (χ1) is 29.2. The fraction of sp³-hybridized carbons (Fsp3) is 0. The van der Waals surface area contributed by atoms with Crippen molar-refractivity contribution in [3.63, 3.8) is 0 Å². The molecule has 0 fully saturated rings. The Bertz CT molecular complexity index is 3450. The second-order valence-corrected chi connectivity index (χ2v) is 11.4. The molecule has 10 aromatic rings. The van der Waals surface area contributed by atoms with Crippen molar-refractivity contribution in [2.24, 2.45) is 0 Å². The molecule has 48 heavy (non-hydrogen) atoms. The highest BCUT2D eigenvalue weighted by molar-refractivity contribution is 6.27. The Kier molecular flexibility index (Phi) is 3.74. The molecule has 0 N–H and O–H groups in total. The van der Waals surface area contributed by atoms with Crippen molar-refractivity contribution < 1.29 is 26.7 Å². The van der Waals surface area contributed by atoms with Crippen LogP contribution in [0.4, 0.5) is 0 Å². The van der Waals surface area contributed by atoms with Gasteiger partial charge in [-0.1, -0.05) is 151 Å². The highest BCUT2D eigenvalue weighted by atomic mass is 16.4. The Morgan fingerprint density at radius 1 is 0.375 bits per heavy atom. The fourth-order valence-corrected chi connectivity index (χ4v) is 6.85. The SMILES string of the molecule is [2H]c1c([2H])c([2H])c(-c2c3c([2H])c([2H])c([2H])c([2H])c3c(-c3cccc4oc5c(ccc6c(-c7ccccc7)c(-c7ccccc7)oc65)c34)c3c([2H])c([2H])c([2H])c([2H])c23)c([2H])c1[2H]. The Morgan fingerprint density at radius 2 is 0.938 bits per heavy atom. The van der Waals surface area contributed by atoms with E-state index in [9.17, 15) is 5.48 Å². The highest BCUT2D eigenvalue weighted by Crippen LogP contribution is 2.49. The van der Waals surface area contributed by atoms with Crippen LogP contribution in [0.25, 0.3) is 99.2 Å². The van der Waals surface area contributed by atoms with Crippen LogP contribution in [0.5, 0.6) is 0 Å². The van der Waals surface area contributed by atoms with Gasteiger partial charge in [-0.3, -0.25) is 0 Å². The Labute approximate surface area is 295 Å². The van der Waals surface area contributed by atoms with Crippen molar-refractivity contribution in [2.45, 2.75) is 0 Å². The van der Waals surface area contributed by atoms with Gasteiger partial charge in [0.15, 0.2) is 11.2 Å². The van der Waals surface area contributed by atoms with E-state index in [-0.39, 0.29) is 32.7 Å². The predicted molar refractivity (Wildman–Crippen MR) is 200 cm³/mol. The van der Waals surface area contributed by atoms with Crippen LogP contribution < -0.4 is 0 Å². The summed E-state index contributed by atoms with van der Waals surface area (Å²) in [5, 5.41) is 0.846. The van der Waals surface area contributed by atoms with Crippen molar-refractivity contribution in [2.75, 3.05) is 0 Å². The molecule has 0 radical (unpaired) electrons. The maximum absolute atomic E-state index is 9.41. The first-order valence-electron chi connectivity index (χ1n) is 21.8. The minimum Gasteiger partial charge on any atom is -0.452 e. The van der Waals surface area contributed by atoms with Gasteiger partial charge >= 0.3 is 0 Å². The van der Waals surface area contributed by atoms with Crippen molar-refractivity contribution in [1.82, 2.24) is 0 Å². The molecule has 0 saturated heterocycles. The zero-order chi connectivity index (χ0) is 42.9. The smallest absolute Gasteiger partial charge is 0.178 e. The van der Waals surface area contributed by atoms with Crippen LogP contribution in [0.15, 0.2) is 178 Å². The average Bonchev–Trinajstić information content (AvgIpc) is 3.87. The fourth-order valence-electron chi connectivity index (χ4n) is 6.85. The van der Waals surface area contributed by atoms with Crippen molar-refractivity contribution in [1.29, 1.82) is 0 Å². The van der Waals surface area contributed by atoms with Gasteiger partial charge in [-0.05, 0) is 67.6 Å². The zero-order valence-electron chi connectivity index (χ0n) is 38.0. The molecule has 0 saturated carbocycles. The molecule has 0 spiro atoms. The van der Waals surface area contributed by atoms with Crippen LogP contribution in [0, 0.1) is 0 Å². The van der Waals surface area contributed by atoms with E-state index in [2.05, 4.69) is 0 Å². The van der Waals surface area contributed by atoms with E-state index in [4.69, 9.17) is 21.2 Å². The summed E-state index contributed by atoms with van der Waals surface area (Å²) in [5.41, 5.74) is 3.24. The molecule has 8 aromatic carbocycles. The van der Waals surface area contributed by atoms with Gasteiger partial charge in [0.25, 0.3) is 0 Å². The van der Waals surface area contributed by atoms with Crippen LogP contribution in [-0.2, 0) is 0 Å². The summed E-state index contributed by atoms with van der Waals surface area (Å²) in [5.74, 6) is 0.613. The lowest BCUT2D eigenvalue weighted by Gasteiger charge is -2.18. The number of benzene rings is 8. The van der Waals surface area contributed by atoms with Gasteiger partial charge in [-0.15, -0.1) is 0 Å². The molecule has 2 heteroatoms. The first kappa shape index (κ1) is 17.0. The maximum Gasteiger partial charge on any atom is 0.178 e. The van der Waals surface area contributed by atoms with Crippen LogP contribution in [-0.4, -0.2) is 0 Å². The van der Waals surface area contributed by atoms with E-state index >= 15 is 0 Å². The second kappa shape index (κ2) is 10.6. The summed E-state index contributed by atoms with van der Waals surface area (Å²) >= 11 is 0. The molecule has 0 amide bonds. The molecule has 2 aromatic heterocycles. The zero-order valence-corrected chi connectivity index (χ0v) is 25.0. The molecule has 10 rings (SSSR count). The minimum atomic E-state index is -0.729. The molecule has 2 heterocycles. The third kappa shape index (κ3) is 3.93. The number of hydrogen-bond donors (Lipinski definition) is 0. The average molecular weight is 626 g/mol. The number of rotatable bonds is 4. The molecule has 0 atom stereocenters. The van der Waals surface area contributed by atoms with Gasteiger partial charge in [0.1, 0.15) is 11.3 Å². The lowest BCUT2D eigenvalue weighted by Crippen LogP contribution is -1.91. The van der Waals surface area contributed by atoms with Gasteiger partial charge in [-0.25, -0.2) is 0 Å². The van der Waals surface area contributed by atoms with E-state index in [0.717, 1.165) is 22.1 Å². The van der Waals surface area contributed by atoms with E-state index in [1.165, 1.54) is 0 Å². The largest absolute Gasteiger partial charge is 0.452 e. The quantitative estimate of drug-likeness (QED) is 0.182. The third-order valence-electron chi connectivity index (χ3n) is 8.81. The molecule has 224 valence electrons. The summed E-state index contributed by atoms with van der Waals surface area (Å²) in [6.07, 6.45) is 0. The summed E-state index contributed by atoms with van der Waals surface area (Å²) in [6, 6.07) is 19.7. The molecule has 2 nitrogen and oxygen atoms in total. The molecule has 0 aliphatic heterocycles. The Hall–Kier alpha value is -6.38. The second-order valence-electron chi connectivity index (χ2n) is 11.4. The number of furan rings is 2. The van der Waals surface area contributed by atoms with Crippen LogP contribution in [0.2, 0.25) is 0 Å². The summed E-state index contributed by atoms with van der Waals surface area (Å²) in [7, 11) is 0. The van der Waals surface area contributed by atoms with E-state index in [0.29, 0.717) is 38.8 Å². The minimum absolute atomic E-state index is 0.0166. The number of fused-ring (bicyclic) bond motifs is 7.